The first-order valence-electron chi connectivity index (χ1n) is 4.32. The molecule has 0 amide bonds. The van der Waals surface area contributed by atoms with Gasteiger partial charge >= 0.3 is 0 Å². The van der Waals surface area contributed by atoms with Crippen LogP contribution in [-0.4, -0.2) is 26.3 Å². The lowest BCUT2D eigenvalue weighted by Crippen LogP contribution is -2.02. The smallest absolute Gasteiger partial charge is 0.213 e. The van der Waals surface area contributed by atoms with Crippen molar-refractivity contribution in [3.63, 3.8) is 0 Å². The summed E-state index contributed by atoms with van der Waals surface area (Å²) >= 11 is 0. The Kier molecular flexibility index (Phi) is 4.35. The minimum Gasteiger partial charge on any atom is -0.481 e. The number of pyridine rings is 1. The third-order valence-electron chi connectivity index (χ3n) is 1.83. The van der Waals surface area contributed by atoms with E-state index in [2.05, 4.69) is 4.98 Å². The molecule has 0 aliphatic carbocycles. The van der Waals surface area contributed by atoms with Crippen LogP contribution in [0.4, 0.5) is 0 Å². The van der Waals surface area contributed by atoms with Gasteiger partial charge in [0.05, 0.1) is 26.0 Å². The lowest BCUT2D eigenvalue weighted by molar-refractivity contribution is 0.164. The molecule has 0 aliphatic heterocycles. The van der Waals surface area contributed by atoms with Crippen molar-refractivity contribution in [2.45, 2.75) is 13.2 Å². The maximum Gasteiger partial charge on any atom is 0.213 e. The van der Waals surface area contributed by atoms with Crippen molar-refractivity contribution in [1.29, 1.82) is 0 Å². The highest BCUT2D eigenvalue weighted by atomic mass is 16.5. The molecule has 14 heavy (non-hydrogen) atoms. The number of hydrogen-bond acceptors (Lipinski definition) is 4. The third kappa shape index (κ3) is 2.68. The highest BCUT2D eigenvalue weighted by molar-refractivity contribution is 5.25. The Morgan fingerprint density at radius 2 is 1.79 bits per heavy atom. The molecule has 0 fully saturated rings. The molecule has 1 rings (SSSR count). The second kappa shape index (κ2) is 5.57. The molecule has 0 unspecified atom stereocenters. The topological polar surface area (TPSA) is 40.6 Å². The van der Waals surface area contributed by atoms with Gasteiger partial charge in [-0.3, -0.25) is 0 Å². The fourth-order valence-electron chi connectivity index (χ4n) is 1.17. The Labute approximate surface area is 83.8 Å². The molecule has 78 valence electrons. The van der Waals surface area contributed by atoms with Crippen molar-refractivity contribution in [3.05, 3.63) is 23.4 Å². The van der Waals surface area contributed by atoms with Crippen LogP contribution in [0.5, 0.6) is 5.88 Å². The van der Waals surface area contributed by atoms with Crippen molar-refractivity contribution in [3.8, 4) is 5.88 Å². The minimum absolute atomic E-state index is 0.468. The van der Waals surface area contributed by atoms with Crippen LogP contribution in [0.3, 0.4) is 0 Å². The van der Waals surface area contributed by atoms with Crippen molar-refractivity contribution >= 4 is 0 Å². The van der Waals surface area contributed by atoms with Crippen molar-refractivity contribution < 1.29 is 14.2 Å². The highest BCUT2D eigenvalue weighted by Gasteiger charge is 2.05. The van der Waals surface area contributed by atoms with Crippen LogP contribution in [-0.2, 0) is 22.7 Å². The van der Waals surface area contributed by atoms with E-state index in [1.165, 1.54) is 0 Å². The second-order valence-corrected chi connectivity index (χ2v) is 2.83. The van der Waals surface area contributed by atoms with Gasteiger partial charge in [0.15, 0.2) is 0 Å². The van der Waals surface area contributed by atoms with Gasteiger partial charge in [0.1, 0.15) is 0 Å². The number of nitrogens with zero attached hydrogens (tertiary/aromatic N) is 1. The molecule has 1 aromatic heterocycles. The summed E-state index contributed by atoms with van der Waals surface area (Å²) < 4.78 is 15.1. The maximum absolute atomic E-state index is 5.05. The summed E-state index contributed by atoms with van der Waals surface area (Å²) in [4.78, 5) is 4.27. The second-order valence-electron chi connectivity index (χ2n) is 2.83. The van der Waals surface area contributed by atoms with Crippen LogP contribution in [0, 0.1) is 0 Å². The molecule has 4 nitrogen and oxygen atoms in total. The molecule has 0 aromatic carbocycles. The van der Waals surface area contributed by atoms with E-state index in [0.29, 0.717) is 19.1 Å². The first kappa shape index (κ1) is 10.9. The molecule has 0 N–H and O–H groups in total. The number of ether oxygens (including phenoxy) is 3. The fourth-order valence-corrected chi connectivity index (χ4v) is 1.17. The van der Waals surface area contributed by atoms with Crippen LogP contribution < -0.4 is 4.74 Å². The molecule has 0 atom stereocenters. The van der Waals surface area contributed by atoms with Gasteiger partial charge in [0.25, 0.3) is 0 Å². The van der Waals surface area contributed by atoms with Gasteiger partial charge in [-0.1, -0.05) is 0 Å². The van der Waals surface area contributed by atoms with Gasteiger partial charge < -0.3 is 14.2 Å². The predicted molar refractivity (Wildman–Crippen MR) is 52.2 cm³/mol. The van der Waals surface area contributed by atoms with E-state index in [4.69, 9.17) is 14.2 Å². The van der Waals surface area contributed by atoms with Gasteiger partial charge in [-0.05, 0) is 6.07 Å². The van der Waals surface area contributed by atoms with E-state index in [1.807, 2.05) is 12.1 Å². The van der Waals surface area contributed by atoms with E-state index in [1.54, 1.807) is 21.3 Å². The highest BCUT2D eigenvalue weighted by Crippen LogP contribution is 2.14. The molecule has 1 aromatic rings. The molecule has 0 saturated carbocycles. The third-order valence-corrected chi connectivity index (χ3v) is 1.83. The summed E-state index contributed by atoms with van der Waals surface area (Å²) in [5.41, 5.74) is 1.88. The normalized spacial score (nSPS) is 10.2. The van der Waals surface area contributed by atoms with Gasteiger partial charge in [0.2, 0.25) is 5.88 Å². The van der Waals surface area contributed by atoms with E-state index in [0.717, 1.165) is 11.3 Å². The predicted octanol–water partition coefficient (Wildman–Crippen LogP) is 1.38. The summed E-state index contributed by atoms with van der Waals surface area (Å²) in [7, 11) is 4.88. The largest absolute Gasteiger partial charge is 0.481 e. The molecular weight excluding hydrogens is 182 g/mol. The fraction of sp³-hybridized carbons (Fsp3) is 0.500. The monoisotopic (exact) mass is 197 g/mol. The van der Waals surface area contributed by atoms with Gasteiger partial charge in [0, 0.05) is 25.8 Å². The number of aromatic nitrogens is 1. The van der Waals surface area contributed by atoms with Gasteiger partial charge in [-0.25, -0.2) is 4.98 Å². The summed E-state index contributed by atoms with van der Waals surface area (Å²) in [5, 5.41) is 0. The molecular formula is C10H15NO3. The molecule has 0 spiro atoms. The van der Waals surface area contributed by atoms with Crippen LogP contribution in [0.1, 0.15) is 11.3 Å². The maximum atomic E-state index is 5.05. The lowest BCUT2D eigenvalue weighted by Gasteiger charge is -2.08. The number of methoxy groups -OCH3 is 3. The molecule has 0 saturated heterocycles. The van der Waals surface area contributed by atoms with Crippen molar-refractivity contribution in [2.75, 3.05) is 21.3 Å². The Balaban J connectivity index is 2.91. The molecule has 0 aliphatic rings. The van der Waals surface area contributed by atoms with Crippen molar-refractivity contribution in [2.24, 2.45) is 0 Å². The van der Waals surface area contributed by atoms with Crippen LogP contribution in [0.25, 0.3) is 0 Å². The SMILES string of the molecule is COCc1ccc(OC)nc1COC. The molecule has 0 bridgehead atoms. The average molecular weight is 197 g/mol. The molecule has 1 heterocycles. The van der Waals surface area contributed by atoms with Crippen LogP contribution in [0.2, 0.25) is 0 Å². The number of hydrogen-bond donors (Lipinski definition) is 0. The molecule has 4 heteroatoms. The van der Waals surface area contributed by atoms with E-state index >= 15 is 0 Å². The number of rotatable bonds is 5. The first-order valence-corrected chi connectivity index (χ1v) is 4.32. The Hall–Kier alpha value is -1.13. The zero-order valence-corrected chi connectivity index (χ0v) is 8.74. The average Bonchev–Trinajstić information content (AvgIpc) is 2.21. The van der Waals surface area contributed by atoms with Gasteiger partial charge in [-0.15, -0.1) is 0 Å². The standard InChI is InChI=1S/C10H15NO3/c1-12-6-8-4-5-10(14-3)11-9(8)7-13-2/h4-5H,6-7H2,1-3H3. The quantitative estimate of drug-likeness (QED) is 0.715. The van der Waals surface area contributed by atoms with E-state index in [-0.39, 0.29) is 0 Å². The molecule has 0 radical (unpaired) electrons. The summed E-state index contributed by atoms with van der Waals surface area (Å²) in [6, 6.07) is 3.75. The van der Waals surface area contributed by atoms with E-state index < -0.39 is 0 Å². The van der Waals surface area contributed by atoms with Crippen molar-refractivity contribution in [1.82, 2.24) is 4.98 Å². The van der Waals surface area contributed by atoms with E-state index in [9.17, 15) is 0 Å². The Bertz CT molecular complexity index is 289. The summed E-state index contributed by atoms with van der Waals surface area (Å²) in [5.74, 6) is 0.594. The Morgan fingerprint density at radius 3 is 2.36 bits per heavy atom. The van der Waals surface area contributed by atoms with Crippen LogP contribution >= 0.6 is 0 Å². The first-order chi connectivity index (χ1) is 6.81. The zero-order chi connectivity index (χ0) is 10.4. The summed E-state index contributed by atoms with van der Waals surface area (Å²) in [6.07, 6.45) is 0. The minimum atomic E-state index is 0.468. The lowest BCUT2D eigenvalue weighted by atomic mass is 10.2. The van der Waals surface area contributed by atoms with Crippen LogP contribution in [0.15, 0.2) is 12.1 Å². The Morgan fingerprint density at radius 1 is 1.07 bits per heavy atom. The summed E-state index contributed by atoms with van der Waals surface area (Å²) in [6.45, 7) is 1.01. The van der Waals surface area contributed by atoms with Gasteiger partial charge in [-0.2, -0.15) is 0 Å². The zero-order valence-electron chi connectivity index (χ0n) is 8.74.